The Balaban J connectivity index is -0.000000249. The molecule has 0 aliphatic carbocycles. The van der Waals surface area contributed by atoms with Gasteiger partial charge in [-0.25, -0.2) is 0 Å². The van der Waals surface area contributed by atoms with Gasteiger partial charge in [0.1, 0.15) is 0 Å². The minimum Gasteiger partial charge on any atom is -0.328 e. The third-order valence-corrected chi connectivity index (χ3v) is 1.51. The van der Waals surface area contributed by atoms with Gasteiger partial charge in [-0.15, -0.1) is 0 Å². The Bertz CT molecular complexity index is 55.8. The van der Waals surface area contributed by atoms with Crippen molar-refractivity contribution in [3.8, 4) is 0 Å². The molecule has 11 heavy (non-hydrogen) atoms. The van der Waals surface area contributed by atoms with E-state index in [0.717, 1.165) is 0 Å². The van der Waals surface area contributed by atoms with Crippen LogP contribution in [0.2, 0.25) is 0 Å². The monoisotopic (exact) mass is 161 g/mol. The van der Waals surface area contributed by atoms with Gasteiger partial charge in [0.2, 0.25) is 0 Å². The summed E-state index contributed by atoms with van der Waals surface area (Å²) in [5.41, 5.74) is 5.57. The van der Waals surface area contributed by atoms with Crippen molar-refractivity contribution in [2.75, 3.05) is 0 Å². The van der Waals surface area contributed by atoms with Gasteiger partial charge in [-0.3, -0.25) is 0 Å². The van der Waals surface area contributed by atoms with Gasteiger partial charge >= 0.3 is 0 Å². The van der Waals surface area contributed by atoms with Gasteiger partial charge in [0.15, 0.2) is 0 Å². The summed E-state index contributed by atoms with van der Waals surface area (Å²) in [5.74, 6) is 0. The van der Waals surface area contributed by atoms with Gasteiger partial charge in [0, 0.05) is 7.47 Å². The van der Waals surface area contributed by atoms with Gasteiger partial charge in [-0.1, -0.05) is 46.5 Å². The standard InChI is InChI=1S/C8H19N.C2H6.H2/c1-3-4-5-6-7-8(2)9;1-2;/h8H,3-7,9H2,1-2H3;1-2H3;1H/t8-;;/m0../s1. The van der Waals surface area contributed by atoms with E-state index in [1.807, 2.05) is 13.8 Å². The number of nitrogens with two attached hydrogens (primary N) is 1. The van der Waals surface area contributed by atoms with Crippen molar-refractivity contribution < 1.29 is 1.43 Å². The van der Waals surface area contributed by atoms with E-state index in [1.54, 1.807) is 0 Å². The molecule has 0 aliphatic heterocycles. The van der Waals surface area contributed by atoms with Gasteiger partial charge < -0.3 is 5.73 Å². The summed E-state index contributed by atoms with van der Waals surface area (Å²) in [6.45, 7) is 8.30. The van der Waals surface area contributed by atoms with Crippen LogP contribution in [0.1, 0.15) is 61.2 Å². The maximum Gasteiger partial charge on any atom is 0.00104 e. The van der Waals surface area contributed by atoms with Crippen LogP contribution in [0, 0.1) is 0 Å². The van der Waals surface area contributed by atoms with Crippen molar-refractivity contribution in [3.63, 3.8) is 0 Å². The Kier molecular flexibility index (Phi) is 15.5. The molecule has 0 heterocycles. The Labute approximate surface area is 73.9 Å². The van der Waals surface area contributed by atoms with Crippen LogP contribution in [0.3, 0.4) is 0 Å². The van der Waals surface area contributed by atoms with Gasteiger partial charge in [-0.2, -0.15) is 0 Å². The fourth-order valence-corrected chi connectivity index (χ4v) is 0.893. The number of hydrogen-bond acceptors (Lipinski definition) is 1. The largest absolute Gasteiger partial charge is 0.328 e. The second kappa shape index (κ2) is 12.6. The topological polar surface area (TPSA) is 26.0 Å². The Morgan fingerprint density at radius 2 is 1.73 bits per heavy atom. The molecule has 0 spiro atoms. The molecule has 0 aromatic rings. The van der Waals surface area contributed by atoms with Crippen LogP contribution in [0.15, 0.2) is 0 Å². The fraction of sp³-hybridized carbons (Fsp3) is 1.00. The highest BCUT2D eigenvalue weighted by molar-refractivity contribution is 4.52. The van der Waals surface area contributed by atoms with Crippen molar-refractivity contribution in [2.24, 2.45) is 5.73 Å². The average molecular weight is 161 g/mol. The van der Waals surface area contributed by atoms with Crippen molar-refractivity contribution in [1.82, 2.24) is 0 Å². The molecule has 0 amide bonds. The van der Waals surface area contributed by atoms with Crippen molar-refractivity contribution in [2.45, 2.75) is 65.8 Å². The highest BCUT2D eigenvalue weighted by Crippen LogP contribution is 2.03. The van der Waals surface area contributed by atoms with E-state index in [4.69, 9.17) is 5.73 Å². The van der Waals surface area contributed by atoms with Crippen molar-refractivity contribution in [3.05, 3.63) is 0 Å². The Hall–Kier alpha value is -0.0400. The minimum atomic E-state index is 0. The van der Waals surface area contributed by atoms with Gasteiger partial charge in [0.05, 0.1) is 0 Å². The third-order valence-electron chi connectivity index (χ3n) is 1.51. The minimum absolute atomic E-state index is 0. The number of unbranched alkanes of at least 4 members (excludes halogenated alkanes) is 3. The highest BCUT2D eigenvalue weighted by atomic mass is 14.6. The molecule has 1 nitrogen and oxygen atoms in total. The molecule has 1 atom stereocenters. The van der Waals surface area contributed by atoms with E-state index >= 15 is 0 Å². The average Bonchev–Trinajstić information content (AvgIpc) is 2.02. The molecule has 0 saturated heterocycles. The first kappa shape index (κ1) is 13.5. The van der Waals surface area contributed by atoms with Crippen LogP contribution >= 0.6 is 0 Å². The predicted molar refractivity (Wildman–Crippen MR) is 55.9 cm³/mol. The quantitative estimate of drug-likeness (QED) is 0.613. The maximum atomic E-state index is 5.57. The molecule has 72 valence electrons. The lowest BCUT2D eigenvalue weighted by Gasteiger charge is -2.02. The van der Waals surface area contributed by atoms with E-state index in [1.165, 1.54) is 32.1 Å². The lowest BCUT2D eigenvalue weighted by atomic mass is 10.1. The number of hydrogen-bond donors (Lipinski definition) is 1. The fourth-order valence-electron chi connectivity index (χ4n) is 0.893. The molecule has 0 rings (SSSR count). The molecule has 2 N–H and O–H groups in total. The van der Waals surface area contributed by atoms with E-state index in [-0.39, 0.29) is 1.43 Å². The van der Waals surface area contributed by atoms with Crippen molar-refractivity contribution in [1.29, 1.82) is 0 Å². The molecule has 1 heteroatoms. The van der Waals surface area contributed by atoms with Crippen LogP contribution in [-0.4, -0.2) is 6.04 Å². The third kappa shape index (κ3) is 17.8. The summed E-state index contributed by atoms with van der Waals surface area (Å²) in [6, 6.07) is 0.404. The molecular formula is C10H27N. The maximum absolute atomic E-state index is 5.57. The molecule has 0 saturated carbocycles. The zero-order valence-corrected chi connectivity index (χ0v) is 8.69. The molecular weight excluding hydrogens is 134 g/mol. The van der Waals surface area contributed by atoms with Crippen LogP contribution < -0.4 is 5.73 Å². The second-order valence-electron chi connectivity index (χ2n) is 2.83. The number of rotatable bonds is 5. The summed E-state index contributed by atoms with van der Waals surface area (Å²) < 4.78 is 0. The Morgan fingerprint density at radius 3 is 2.09 bits per heavy atom. The van der Waals surface area contributed by atoms with E-state index < -0.39 is 0 Å². The molecule has 0 aliphatic rings. The molecule has 0 aromatic carbocycles. The highest BCUT2D eigenvalue weighted by Gasteiger charge is 1.91. The lowest BCUT2D eigenvalue weighted by Crippen LogP contribution is -2.13. The summed E-state index contributed by atoms with van der Waals surface area (Å²) in [6.07, 6.45) is 6.55. The van der Waals surface area contributed by atoms with Crippen molar-refractivity contribution >= 4 is 0 Å². The summed E-state index contributed by atoms with van der Waals surface area (Å²) >= 11 is 0. The summed E-state index contributed by atoms with van der Waals surface area (Å²) in [5, 5.41) is 0. The summed E-state index contributed by atoms with van der Waals surface area (Å²) in [7, 11) is 0. The van der Waals surface area contributed by atoms with Crippen LogP contribution in [0.5, 0.6) is 0 Å². The van der Waals surface area contributed by atoms with Gasteiger partial charge in [0.25, 0.3) is 0 Å². The molecule has 0 fully saturated rings. The lowest BCUT2D eigenvalue weighted by molar-refractivity contribution is 0.575. The zero-order valence-electron chi connectivity index (χ0n) is 8.69. The molecule has 0 aromatic heterocycles. The normalized spacial score (nSPS) is 11.7. The van der Waals surface area contributed by atoms with Gasteiger partial charge in [-0.05, 0) is 13.3 Å². The smallest absolute Gasteiger partial charge is 0.00104 e. The van der Waals surface area contributed by atoms with E-state index in [0.29, 0.717) is 6.04 Å². The SMILES string of the molecule is CC.CCCCCC[C@H](C)N.[HH]. The predicted octanol–water partition coefficient (Wildman–Crippen LogP) is 3.58. The second-order valence-corrected chi connectivity index (χ2v) is 2.83. The van der Waals surface area contributed by atoms with Crippen LogP contribution in [-0.2, 0) is 0 Å². The molecule has 0 bridgehead atoms. The van der Waals surface area contributed by atoms with E-state index in [2.05, 4.69) is 13.8 Å². The summed E-state index contributed by atoms with van der Waals surface area (Å²) in [4.78, 5) is 0. The van der Waals surface area contributed by atoms with E-state index in [9.17, 15) is 0 Å². The zero-order chi connectivity index (χ0) is 9.11. The first-order valence-corrected chi connectivity index (χ1v) is 5.03. The molecule has 0 radical (unpaired) electrons. The first-order valence-electron chi connectivity index (χ1n) is 5.03. The van der Waals surface area contributed by atoms with Crippen LogP contribution in [0.4, 0.5) is 0 Å². The van der Waals surface area contributed by atoms with Crippen LogP contribution in [0.25, 0.3) is 0 Å². The Morgan fingerprint density at radius 1 is 1.18 bits per heavy atom. The first-order chi connectivity index (χ1) is 5.27. The molecule has 0 unspecified atom stereocenters.